The van der Waals surface area contributed by atoms with Gasteiger partial charge in [-0.15, -0.1) is 4.83 Å². The summed E-state index contributed by atoms with van der Waals surface area (Å²) in [5.41, 5.74) is 3.61. The van der Waals surface area contributed by atoms with Crippen molar-refractivity contribution in [3.8, 4) is 5.75 Å². The zero-order chi connectivity index (χ0) is 18.4. The zero-order valence-corrected chi connectivity index (χ0v) is 15.4. The van der Waals surface area contributed by atoms with Crippen LogP contribution in [0.25, 0.3) is 0 Å². The highest BCUT2D eigenvalue weighted by Gasteiger charge is 2.18. The molecule has 0 aliphatic heterocycles. The maximum atomic E-state index is 12.3. The number of carbonyl (C=O) groups excluding carboxylic acids is 1. The Hall–Kier alpha value is -2.09. The van der Waals surface area contributed by atoms with Crippen molar-refractivity contribution in [1.29, 1.82) is 0 Å². The van der Waals surface area contributed by atoms with Gasteiger partial charge in [0.05, 0.1) is 4.90 Å². The standard InChI is InChI=1S/C17H19ClN2O4S/c1-3-13-6-4-5-7-15(13)24-11-17(21)19-20-25(22,23)16-10-14(18)9-8-12(16)2/h4-10,20H,3,11H2,1-2H3,(H,19,21). The highest BCUT2D eigenvalue weighted by atomic mass is 35.5. The van der Waals surface area contributed by atoms with Crippen LogP contribution < -0.4 is 15.0 Å². The lowest BCUT2D eigenvalue weighted by Crippen LogP contribution is -2.43. The van der Waals surface area contributed by atoms with Crippen LogP contribution in [0.4, 0.5) is 0 Å². The van der Waals surface area contributed by atoms with Gasteiger partial charge in [0.25, 0.3) is 15.9 Å². The van der Waals surface area contributed by atoms with E-state index in [2.05, 4.69) is 5.43 Å². The SMILES string of the molecule is CCc1ccccc1OCC(=O)NNS(=O)(=O)c1cc(Cl)ccc1C. The average molecular weight is 383 g/mol. The molecule has 2 N–H and O–H groups in total. The van der Waals surface area contributed by atoms with E-state index >= 15 is 0 Å². The highest BCUT2D eigenvalue weighted by molar-refractivity contribution is 7.89. The molecule has 0 saturated carbocycles. The number of benzene rings is 2. The average Bonchev–Trinajstić information content (AvgIpc) is 2.60. The van der Waals surface area contributed by atoms with Gasteiger partial charge < -0.3 is 4.74 Å². The molecule has 134 valence electrons. The number of hydrogen-bond donors (Lipinski definition) is 2. The molecule has 0 heterocycles. The van der Waals surface area contributed by atoms with Crippen molar-refractivity contribution in [3.05, 3.63) is 58.6 Å². The van der Waals surface area contributed by atoms with Gasteiger partial charge in [-0.1, -0.05) is 42.8 Å². The smallest absolute Gasteiger partial charge is 0.272 e. The van der Waals surface area contributed by atoms with E-state index in [1.54, 1.807) is 31.2 Å². The molecule has 0 aromatic heterocycles. The quantitative estimate of drug-likeness (QED) is 0.721. The number of sulfonamides is 1. The van der Waals surface area contributed by atoms with Crippen LogP contribution in [0.1, 0.15) is 18.1 Å². The predicted molar refractivity (Wildman–Crippen MR) is 96.0 cm³/mol. The fourth-order valence-corrected chi connectivity index (χ4v) is 3.53. The first kappa shape index (κ1) is 19.2. The summed E-state index contributed by atoms with van der Waals surface area (Å²) < 4.78 is 30.0. The second kappa shape index (κ2) is 8.33. The van der Waals surface area contributed by atoms with Gasteiger partial charge in [0.15, 0.2) is 6.61 Å². The van der Waals surface area contributed by atoms with Crippen LogP contribution in [0.2, 0.25) is 5.02 Å². The van der Waals surface area contributed by atoms with Crippen molar-refractivity contribution < 1.29 is 17.9 Å². The molecule has 0 fully saturated rings. The molecule has 0 radical (unpaired) electrons. The number of carbonyl (C=O) groups is 1. The van der Waals surface area contributed by atoms with Gasteiger partial charge in [0.1, 0.15) is 5.75 Å². The van der Waals surface area contributed by atoms with Crippen LogP contribution in [0, 0.1) is 6.92 Å². The summed E-state index contributed by atoms with van der Waals surface area (Å²) in [6.07, 6.45) is 0.762. The first-order chi connectivity index (χ1) is 11.8. The third kappa shape index (κ3) is 5.19. The minimum atomic E-state index is -3.93. The topological polar surface area (TPSA) is 84.5 Å². The third-order valence-corrected chi connectivity index (χ3v) is 5.10. The lowest BCUT2D eigenvalue weighted by atomic mass is 10.1. The van der Waals surface area contributed by atoms with Gasteiger partial charge in [0.2, 0.25) is 0 Å². The summed E-state index contributed by atoms with van der Waals surface area (Å²) in [6, 6.07) is 11.8. The normalized spacial score (nSPS) is 11.2. The second-order valence-corrected chi connectivity index (χ2v) is 7.40. The predicted octanol–water partition coefficient (Wildman–Crippen LogP) is 2.60. The third-order valence-electron chi connectivity index (χ3n) is 3.48. The fraction of sp³-hybridized carbons (Fsp3) is 0.235. The number of ether oxygens (including phenoxy) is 1. The van der Waals surface area contributed by atoms with E-state index < -0.39 is 15.9 Å². The van der Waals surface area contributed by atoms with E-state index in [0.29, 0.717) is 11.3 Å². The molecule has 0 unspecified atom stereocenters. The highest BCUT2D eigenvalue weighted by Crippen LogP contribution is 2.20. The summed E-state index contributed by atoms with van der Waals surface area (Å²) in [4.78, 5) is 13.9. The molecule has 0 spiro atoms. The molecular formula is C17H19ClN2O4S. The van der Waals surface area contributed by atoms with E-state index in [4.69, 9.17) is 16.3 Å². The van der Waals surface area contributed by atoms with Crippen molar-refractivity contribution >= 4 is 27.5 Å². The van der Waals surface area contributed by atoms with Crippen LogP contribution in [0.5, 0.6) is 5.75 Å². The van der Waals surface area contributed by atoms with Crippen LogP contribution in [-0.4, -0.2) is 20.9 Å². The van der Waals surface area contributed by atoms with Crippen LogP contribution in [0.15, 0.2) is 47.4 Å². The molecule has 2 rings (SSSR count). The number of para-hydroxylation sites is 1. The Balaban J connectivity index is 1.96. The summed E-state index contributed by atoms with van der Waals surface area (Å²) in [5, 5.41) is 0.289. The molecule has 0 aliphatic carbocycles. The largest absolute Gasteiger partial charge is 0.483 e. The summed E-state index contributed by atoms with van der Waals surface area (Å²) in [7, 11) is -3.93. The van der Waals surface area contributed by atoms with Crippen LogP contribution in [0.3, 0.4) is 0 Å². The Morgan fingerprint density at radius 2 is 1.92 bits per heavy atom. The van der Waals surface area contributed by atoms with Gasteiger partial charge in [-0.3, -0.25) is 10.2 Å². The molecular weight excluding hydrogens is 364 g/mol. The van der Waals surface area contributed by atoms with Crippen molar-refractivity contribution in [2.45, 2.75) is 25.2 Å². The van der Waals surface area contributed by atoms with Gasteiger partial charge in [-0.2, -0.15) is 0 Å². The number of nitrogens with one attached hydrogen (secondary N) is 2. The first-order valence-corrected chi connectivity index (χ1v) is 9.47. The minimum Gasteiger partial charge on any atom is -0.483 e. The number of amides is 1. The van der Waals surface area contributed by atoms with E-state index in [1.807, 2.05) is 23.9 Å². The summed E-state index contributed by atoms with van der Waals surface area (Å²) in [5.74, 6) is -0.0251. The van der Waals surface area contributed by atoms with E-state index in [9.17, 15) is 13.2 Å². The Morgan fingerprint density at radius 1 is 1.20 bits per heavy atom. The maximum Gasteiger partial charge on any atom is 0.272 e. The van der Waals surface area contributed by atoms with Crippen molar-refractivity contribution in [1.82, 2.24) is 10.3 Å². The van der Waals surface area contributed by atoms with E-state index in [0.717, 1.165) is 12.0 Å². The van der Waals surface area contributed by atoms with Gasteiger partial charge >= 0.3 is 0 Å². The number of rotatable bonds is 7. The molecule has 2 aromatic rings. The molecule has 0 aliphatic rings. The number of halogens is 1. The molecule has 6 nitrogen and oxygen atoms in total. The van der Waals surface area contributed by atoms with Gasteiger partial charge in [0, 0.05) is 5.02 Å². The Kier molecular flexibility index (Phi) is 6.41. The van der Waals surface area contributed by atoms with E-state index in [1.165, 1.54) is 6.07 Å². The second-order valence-electron chi connectivity index (χ2n) is 5.31. The molecule has 0 saturated heterocycles. The van der Waals surface area contributed by atoms with Gasteiger partial charge in [-0.25, -0.2) is 8.42 Å². The Morgan fingerprint density at radius 3 is 2.64 bits per heavy atom. The van der Waals surface area contributed by atoms with Gasteiger partial charge in [-0.05, 0) is 42.7 Å². The number of aryl methyl sites for hydroxylation is 2. The first-order valence-electron chi connectivity index (χ1n) is 7.61. The van der Waals surface area contributed by atoms with E-state index in [-0.39, 0.29) is 16.5 Å². The Bertz CT molecular complexity index is 869. The zero-order valence-electron chi connectivity index (χ0n) is 13.9. The molecule has 8 heteroatoms. The molecule has 2 aromatic carbocycles. The maximum absolute atomic E-state index is 12.3. The monoisotopic (exact) mass is 382 g/mol. The summed E-state index contributed by atoms with van der Waals surface area (Å²) in [6.45, 7) is 3.30. The lowest BCUT2D eigenvalue weighted by molar-refractivity contribution is -0.123. The molecule has 0 bridgehead atoms. The minimum absolute atomic E-state index is 0.00227. The molecule has 1 amide bonds. The van der Waals surface area contributed by atoms with Crippen LogP contribution >= 0.6 is 11.6 Å². The summed E-state index contributed by atoms with van der Waals surface area (Å²) >= 11 is 5.83. The fourth-order valence-electron chi connectivity index (χ4n) is 2.16. The van der Waals surface area contributed by atoms with Crippen molar-refractivity contribution in [3.63, 3.8) is 0 Å². The number of hydrazine groups is 1. The number of hydrogen-bond acceptors (Lipinski definition) is 4. The Labute approximate surface area is 152 Å². The lowest BCUT2D eigenvalue weighted by Gasteiger charge is -2.12. The van der Waals surface area contributed by atoms with Crippen LogP contribution in [-0.2, 0) is 21.2 Å². The van der Waals surface area contributed by atoms with Crippen molar-refractivity contribution in [2.24, 2.45) is 0 Å². The molecule has 25 heavy (non-hydrogen) atoms. The molecule has 0 atom stereocenters. The van der Waals surface area contributed by atoms with Crippen molar-refractivity contribution in [2.75, 3.05) is 6.61 Å².